The van der Waals surface area contributed by atoms with Crippen molar-refractivity contribution in [2.24, 2.45) is 0 Å². The zero-order chi connectivity index (χ0) is 8.85. The fourth-order valence-corrected chi connectivity index (χ4v) is 1.13. The Hall–Kier alpha value is -0.0800. The standard InChI is InChI=1S/C9H21NO/c1-5-10(8(2)3)7-6-9(4)11/h8-9,11H,5-7H2,1-4H3. The van der Waals surface area contributed by atoms with E-state index < -0.39 is 0 Å². The van der Waals surface area contributed by atoms with E-state index in [0.717, 1.165) is 19.5 Å². The van der Waals surface area contributed by atoms with Crippen LogP contribution in [0.25, 0.3) is 0 Å². The molecule has 0 aliphatic rings. The van der Waals surface area contributed by atoms with Crippen molar-refractivity contribution in [1.82, 2.24) is 4.90 Å². The summed E-state index contributed by atoms with van der Waals surface area (Å²) in [5.41, 5.74) is 0. The molecule has 68 valence electrons. The van der Waals surface area contributed by atoms with Gasteiger partial charge in [-0.2, -0.15) is 0 Å². The first-order chi connectivity index (χ1) is 5.07. The average Bonchev–Trinajstić information content (AvgIpc) is 1.87. The molecular formula is C9H21NO. The Kier molecular flexibility index (Phi) is 5.51. The smallest absolute Gasteiger partial charge is 0.0524 e. The molecule has 0 radical (unpaired) electrons. The van der Waals surface area contributed by atoms with E-state index in [4.69, 9.17) is 5.11 Å². The quantitative estimate of drug-likeness (QED) is 0.657. The minimum Gasteiger partial charge on any atom is -0.393 e. The van der Waals surface area contributed by atoms with Crippen LogP contribution in [0.5, 0.6) is 0 Å². The Labute approximate surface area is 70.2 Å². The third kappa shape index (κ3) is 5.22. The Morgan fingerprint density at radius 3 is 2.09 bits per heavy atom. The van der Waals surface area contributed by atoms with E-state index in [1.54, 1.807) is 0 Å². The average molecular weight is 159 g/mol. The summed E-state index contributed by atoms with van der Waals surface area (Å²) in [6, 6.07) is 0.596. The molecule has 0 aliphatic heterocycles. The highest BCUT2D eigenvalue weighted by atomic mass is 16.3. The van der Waals surface area contributed by atoms with Gasteiger partial charge in [0.2, 0.25) is 0 Å². The second kappa shape index (κ2) is 5.56. The molecule has 0 fully saturated rings. The monoisotopic (exact) mass is 159 g/mol. The molecule has 0 amide bonds. The highest BCUT2D eigenvalue weighted by molar-refractivity contribution is 4.61. The van der Waals surface area contributed by atoms with Crippen LogP contribution in [0.3, 0.4) is 0 Å². The minimum atomic E-state index is -0.164. The van der Waals surface area contributed by atoms with E-state index in [0.29, 0.717) is 6.04 Å². The summed E-state index contributed by atoms with van der Waals surface area (Å²) >= 11 is 0. The summed E-state index contributed by atoms with van der Waals surface area (Å²) in [6.07, 6.45) is 0.717. The lowest BCUT2D eigenvalue weighted by Crippen LogP contribution is -2.32. The Balaban J connectivity index is 3.52. The summed E-state index contributed by atoms with van der Waals surface area (Å²) in [4.78, 5) is 2.35. The summed E-state index contributed by atoms with van der Waals surface area (Å²) in [7, 11) is 0. The van der Waals surface area contributed by atoms with Crippen molar-refractivity contribution in [3.8, 4) is 0 Å². The topological polar surface area (TPSA) is 23.5 Å². The number of aliphatic hydroxyl groups excluding tert-OH is 1. The van der Waals surface area contributed by atoms with Crippen LogP contribution >= 0.6 is 0 Å². The highest BCUT2D eigenvalue weighted by Gasteiger charge is 2.06. The van der Waals surface area contributed by atoms with Crippen molar-refractivity contribution in [3.05, 3.63) is 0 Å². The Morgan fingerprint density at radius 2 is 1.82 bits per heavy atom. The van der Waals surface area contributed by atoms with Crippen molar-refractivity contribution in [3.63, 3.8) is 0 Å². The molecular weight excluding hydrogens is 138 g/mol. The molecule has 2 nitrogen and oxygen atoms in total. The largest absolute Gasteiger partial charge is 0.393 e. The summed E-state index contributed by atoms with van der Waals surface area (Å²) in [6.45, 7) is 10.4. The van der Waals surface area contributed by atoms with Gasteiger partial charge < -0.3 is 10.0 Å². The molecule has 0 heterocycles. The number of rotatable bonds is 5. The van der Waals surface area contributed by atoms with Crippen molar-refractivity contribution < 1.29 is 5.11 Å². The molecule has 0 spiro atoms. The van der Waals surface area contributed by atoms with Crippen LogP contribution in [0.2, 0.25) is 0 Å². The molecule has 0 aromatic heterocycles. The van der Waals surface area contributed by atoms with Crippen LogP contribution in [0.4, 0.5) is 0 Å². The predicted octanol–water partition coefficient (Wildman–Crippen LogP) is 1.49. The Morgan fingerprint density at radius 1 is 1.27 bits per heavy atom. The summed E-state index contributed by atoms with van der Waals surface area (Å²) in [5.74, 6) is 0. The van der Waals surface area contributed by atoms with Gasteiger partial charge in [0.25, 0.3) is 0 Å². The fraction of sp³-hybridized carbons (Fsp3) is 1.00. The maximum atomic E-state index is 9.05. The number of hydrogen-bond donors (Lipinski definition) is 1. The molecule has 11 heavy (non-hydrogen) atoms. The highest BCUT2D eigenvalue weighted by Crippen LogP contribution is 2.00. The Bertz CT molecular complexity index is 91.6. The molecule has 1 atom stereocenters. The van der Waals surface area contributed by atoms with Crippen molar-refractivity contribution in [2.45, 2.75) is 46.3 Å². The van der Waals surface area contributed by atoms with Crippen LogP contribution in [0.15, 0.2) is 0 Å². The van der Waals surface area contributed by atoms with Crippen LogP contribution in [-0.2, 0) is 0 Å². The van der Waals surface area contributed by atoms with Crippen LogP contribution in [0.1, 0.15) is 34.1 Å². The lowest BCUT2D eigenvalue weighted by Gasteiger charge is -2.25. The molecule has 0 aromatic carbocycles. The van der Waals surface area contributed by atoms with Crippen LogP contribution in [0, 0.1) is 0 Å². The van der Waals surface area contributed by atoms with E-state index in [1.165, 1.54) is 0 Å². The minimum absolute atomic E-state index is 0.164. The van der Waals surface area contributed by atoms with Crippen LogP contribution < -0.4 is 0 Å². The van der Waals surface area contributed by atoms with Crippen molar-refractivity contribution in [1.29, 1.82) is 0 Å². The SMILES string of the molecule is CCN(CCC(C)O)C(C)C. The molecule has 0 aliphatic carbocycles. The third-order valence-corrected chi connectivity index (χ3v) is 1.97. The van der Waals surface area contributed by atoms with Gasteiger partial charge in [0.15, 0.2) is 0 Å². The van der Waals surface area contributed by atoms with Gasteiger partial charge >= 0.3 is 0 Å². The number of hydrogen-bond acceptors (Lipinski definition) is 2. The van der Waals surface area contributed by atoms with Gasteiger partial charge in [-0.05, 0) is 33.7 Å². The molecule has 0 bridgehead atoms. The molecule has 0 saturated carbocycles. The van der Waals surface area contributed by atoms with E-state index in [1.807, 2.05) is 6.92 Å². The van der Waals surface area contributed by atoms with Gasteiger partial charge in [-0.25, -0.2) is 0 Å². The van der Waals surface area contributed by atoms with Gasteiger partial charge in [-0.3, -0.25) is 0 Å². The second-order valence-electron chi connectivity index (χ2n) is 3.36. The maximum Gasteiger partial charge on any atom is 0.0524 e. The van der Waals surface area contributed by atoms with E-state index >= 15 is 0 Å². The first-order valence-corrected chi connectivity index (χ1v) is 4.50. The molecule has 1 N–H and O–H groups in total. The van der Waals surface area contributed by atoms with Crippen molar-refractivity contribution >= 4 is 0 Å². The fourth-order valence-electron chi connectivity index (χ4n) is 1.13. The van der Waals surface area contributed by atoms with E-state index in [-0.39, 0.29) is 6.10 Å². The van der Waals surface area contributed by atoms with Crippen LogP contribution in [-0.4, -0.2) is 35.2 Å². The molecule has 0 saturated heterocycles. The zero-order valence-corrected chi connectivity index (χ0v) is 8.17. The lowest BCUT2D eigenvalue weighted by molar-refractivity contribution is 0.145. The maximum absolute atomic E-state index is 9.05. The molecule has 0 aromatic rings. The second-order valence-corrected chi connectivity index (χ2v) is 3.36. The normalized spacial score (nSPS) is 14.5. The molecule has 0 rings (SSSR count). The van der Waals surface area contributed by atoms with Gasteiger partial charge in [0.1, 0.15) is 0 Å². The number of nitrogens with zero attached hydrogens (tertiary/aromatic N) is 1. The van der Waals surface area contributed by atoms with Gasteiger partial charge in [0, 0.05) is 12.6 Å². The zero-order valence-electron chi connectivity index (χ0n) is 8.17. The van der Waals surface area contributed by atoms with E-state index in [9.17, 15) is 0 Å². The predicted molar refractivity (Wildman–Crippen MR) is 48.7 cm³/mol. The third-order valence-electron chi connectivity index (χ3n) is 1.97. The van der Waals surface area contributed by atoms with Gasteiger partial charge in [-0.15, -0.1) is 0 Å². The first-order valence-electron chi connectivity index (χ1n) is 4.50. The first kappa shape index (κ1) is 10.9. The van der Waals surface area contributed by atoms with Gasteiger partial charge in [-0.1, -0.05) is 6.92 Å². The molecule has 1 unspecified atom stereocenters. The lowest BCUT2D eigenvalue weighted by atomic mass is 10.2. The molecule has 2 heteroatoms. The van der Waals surface area contributed by atoms with Gasteiger partial charge in [0.05, 0.1) is 6.10 Å². The summed E-state index contributed by atoms with van der Waals surface area (Å²) in [5, 5.41) is 9.05. The van der Waals surface area contributed by atoms with Crippen molar-refractivity contribution in [2.75, 3.05) is 13.1 Å². The number of aliphatic hydroxyl groups is 1. The van der Waals surface area contributed by atoms with E-state index in [2.05, 4.69) is 25.7 Å². The summed E-state index contributed by atoms with van der Waals surface area (Å²) < 4.78 is 0.